The summed E-state index contributed by atoms with van der Waals surface area (Å²) in [6.07, 6.45) is 1.22. The number of thioether (sulfide) groups is 1. The second-order valence-electron chi connectivity index (χ2n) is 4.67. The highest BCUT2D eigenvalue weighted by Gasteiger charge is 2.01. The number of hydrogen-bond donors (Lipinski definition) is 2. The van der Waals surface area contributed by atoms with Crippen LogP contribution in [-0.4, -0.2) is 44.4 Å². The molecule has 1 rings (SSSR count). The van der Waals surface area contributed by atoms with E-state index < -0.39 is 0 Å². The molecule has 0 saturated heterocycles. The number of hydrogen-bond acceptors (Lipinski definition) is 4. The Bertz CT molecular complexity index is 495. The first-order chi connectivity index (χ1) is 11.2. The maximum Gasteiger partial charge on any atom is 0.307 e. The van der Waals surface area contributed by atoms with Crippen molar-refractivity contribution < 1.29 is 13.9 Å². The minimum absolute atomic E-state index is 0.215. The molecule has 0 aliphatic rings. The third kappa shape index (κ3) is 9.07. The van der Waals surface area contributed by atoms with Crippen molar-refractivity contribution in [3.8, 4) is 0 Å². The molecule has 0 fully saturated rings. The van der Waals surface area contributed by atoms with E-state index in [1.54, 1.807) is 23.9 Å². The number of methoxy groups -OCH3 is 1. The Hall–Kier alpha value is -1.76. The summed E-state index contributed by atoms with van der Waals surface area (Å²) in [5.41, 5.74) is 0. The molecule has 0 aromatic heterocycles. The molecule has 0 radical (unpaired) electrons. The van der Waals surface area contributed by atoms with Crippen LogP contribution in [0.3, 0.4) is 0 Å². The Kier molecular flexibility index (Phi) is 9.86. The molecule has 5 nitrogen and oxygen atoms in total. The predicted octanol–water partition coefficient (Wildman–Crippen LogP) is 2.43. The number of nitrogens with one attached hydrogen (secondary N) is 2. The molecule has 2 N–H and O–H groups in total. The molecule has 0 heterocycles. The van der Waals surface area contributed by atoms with Crippen LogP contribution in [0.4, 0.5) is 4.39 Å². The highest BCUT2D eigenvalue weighted by molar-refractivity contribution is 7.99. The van der Waals surface area contributed by atoms with Crippen LogP contribution in [-0.2, 0) is 9.53 Å². The third-order valence-corrected chi connectivity index (χ3v) is 3.95. The molecular formula is C16H24FN3O2S. The van der Waals surface area contributed by atoms with Gasteiger partial charge in [-0.1, -0.05) is 0 Å². The normalized spacial score (nSPS) is 11.2. The number of ether oxygens (including phenoxy) is 1. The highest BCUT2D eigenvalue weighted by Crippen LogP contribution is 2.18. The van der Waals surface area contributed by atoms with Crippen LogP contribution < -0.4 is 10.6 Å². The molecule has 128 valence electrons. The van der Waals surface area contributed by atoms with Gasteiger partial charge in [0.25, 0.3) is 0 Å². The first-order valence-electron chi connectivity index (χ1n) is 7.63. The lowest BCUT2D eigenvalue weighted by Gasteiger charge is -2.10. The minimum atomic E-state index is -0.246. The second-order valence-corrected chi connectivity index (χ2v) is 5.84. The van der Waals surface area contributed by atoms with Crippen molar-refractivity contribution in [1.82, 2.24) is 10.6 Å². The Morgan fingerprint density at radius 2 is 2.04 bits per heavy atom. The molecule has 0 atom stereocenters. The van der Waals surface area contributed by atoms with E-state index in [0.717, 1.165) is 23.6 Å². The van der Waals surface area contributed by atoms with Crippen LogP contribution in [0.2, 0.25) is 0 Å². The first kappa shape index (κ1) is 19.3. The molecule has 0 bridgehead atoms. The third-order valence-electron chi connectivity index (χ3n) is 2.85. The van der Waals surface area contributed by atoms with E-state index in [2.05, 4.69) is 20.4 Å². The van der Waals surface area contributed by atoms with E-state index in [9.17, 15) is 9.18 Å². The van der Waals surface area contributed by atoms with Gasteiger partial charge in [-0.05, 0) is 43.4 Å². The van der Waals surface area contributed by atoms with Crippen molar-refractivity contribution in [3.63, 3.8) is 0 Å². The molecule has 23 heavy (non-hydrogen) atoms. The standard InChI is InChI=1S/C16H24FN3O2S/c1-3-18-16(20-11-9-15(21)22-2)19-10-4-12-23-14-7-5-13(17)6-8-14/h5-8H,3-4,9-12H2,1-2H3,(H2,18,19,20). The molecule has 0 amide bonds. The first-order valence-corrected chi connectivity index (χ1v) is 8.61. The van der Waals surface area contributed by atoms with Gasteiger partial charge in [-0.3, -0.25) is 9.79 Å². The fourth-order valence-corrected chi connectivity index (χ4v) is 2.54. The van der Waals surface area contributed by atoms with Gasteiger partial charge in [0.15, 0.2) is 5.96 Å². The van der Waals surface area contributed by atoms with Gasteiger partial charge in [-0.2, -0.15) is 0 Å². The Morgan fingerprint density at radius 3 is 2.70 bits per heavy atom. The van der Waals surface area contributed by atoms with Gasteiger partial charge in [0.2, 0.25) is 0 Å². The maximum absolute atomic E-state index is 12.8. The van der Waals surface area contributed by atoms with Gasteiger partial charge in [-0.15, -0.1) is 11.8 Å². The fraction of sp³-hybridized carbons (Fsp3) is 0.500. The molecule has 7 heteroatoms. The largest absolute Gasteiger partial charge is 0.469 e. The summed E-state index contributed by atoms with van der Waals surface area (Å²) in [6.45, 7) is 3.92. The zero-order valence-electron chi connectivity index (χ0n) is 13.6. The molecule has 0 aliphatic heterocycles. The Morgan fingerprint density at radius 1 is 1.30 bits per heavy atom. The van der Waals surface area contributed by atoms with E-state index in [4.69, 9.17) is 0 Å². The van der Waals surface area contributed by atoms with Crippen LogP contribution in [0, 0.1) is 5.82 Å². The van der Waals surface area contributed by atoms with E-state index in [1.165, 1.54) is 19.2 Å². The smallest absolute Gasteiger partial charge is 0.307 e. The molecule has 1 aromatic rings. The van der Waals surface area contributed by atoms with Crippen molar-refractivity contribution in [3.05, 3.63) is 30.1 Å². The monoisotopic (exact) mass is 341 g/mol. The lowest BCUT2D eigenvalue weighted by atomic mass is 10.4. The van der Waals surface area contributed by atoms with E-state index in [0.29, 0.717) is 25.5 Å². The number of esters is 1. The van der Waals surface area contributed by atoms with Crippen LogP contribution in [0.15, 0.2) is 34.2 Å². The number of rotatable bonds is 9. The van der Waals surface area contributed by atoms with Gasteiger partial charge in [0, 0.05) is 24.5 Å². The number of benzene rings is 1. The topological polar surface area (TPSA) is 62.7 Å². The number of carbonyl (C=O) groups excluding carboxylic acids is 1. The Labute approximate surface area is 141 Å². The van der Waals surface area contributed by atoms with Crippen LogP contribution in [0.5, 0.6) is 0 Å². The average molecular weight is 341 g/mol. The zero-order chi connectivity index (χ0) is 16.9. The lowest BCUT2D eigenvalue weighted by molar-refractivity contribution is -0.140. The van der Waals surface area contributed by atoms with Gasteiger partial charge in [-0.25, -0.2) is 4.39 Å². The molecule has 0 spiro atoms. The quantitative estimate of drug-likeness (QED) is 0.237. The van der Waals surface area contributed by atoms with Crippen LogP contribution in [0.1, 0.15) is 19.8 Å². The summed E-state index contributed by atoms with van der Waals surface area (Å²) in [5.74, 6) is 1.15. The van der Waals surface area contributed by atoms with Crippen LogP contribution >= 0.6 is 11.8 Å². The zero-order valence-corrected chi connectivity index (χ0v) is 14.4. The molecule has 0 unspecified atom stereocenters. The Balaban J connectivity index is 2.25. The van der Waals surface area contributed by atoms with Crippen molar-refractivity contribution >= 4 is 23.7 Å². The highest BCUT2D eigenvalue weighted by atomic mass is 32.2. The van der Waals surface area contributed by atoms with Crippen molar-refractivity contribution in [2.24, 2.45) is 4.99 Å². The molecule has 0 saturated carbocycles. The summed E-state index contributed by atoms with van der Waals surface area (Å²) >= 11 is 1.68. The number of guanidine groups is 1. The summed E-state index contributed by atoms with van der Waals surface area (Å²) in [5, 5.41) is 6.22. The average Bonchev–Trinajstić information content (AvgIpc) is 2.56. The number of aliphatic imine (C=N–C) groups is 1. The molecule has 1 aromatic carbocycles. The van der Waals surface area contributed by atoms with Crippen molar-refractivity contribution in [2.45, 2.75) is 24.7 Å². The number of nitrogens with zero attached hydrogens (tertiary/aromatic N) is 1. The van der Waals surface area contributed by atoms with E-state index >= 15 is 0 Å². The maximum atomic E-state index is 12.8. The lowest BCUT2D eigenvalue weighted by Crippen LogP contribution is -2.38. The summed E-state index contributed by atoms with van der Waals surface area (Å²) < 4.78 is 17.4. The van der Waals surface area contributed by atoms with Crippen LogP contribution in [0.25, 0.3) is 0 Å². The van der Waals surface area contributed by atoms with E-state index in [-0.39, 0.29) is 11.8 Å². The second kappa shape index (κ2) is 11.8. The summed E-state index contributed by atoms with van der Waals surface area (Å²) in [4.78, 5) is 16.6. The minimum Gasteiger partial charge on any atom is -0.469 e. The van der Waals surface area contributed by atoms with E-state index in [1.807, 2.05) is 6.92 Å². The van der Waals surface area contributed by atoms with Gasteiger partial charge >= 0.3 is 5.97 Å². The molecule has 0 aliphatic carbocycles. The summed E-state index contributed by atoms with van der Waals surface area (Å²) in [7, 11) is 1.38. The number of carbonyl (C=O) groups is 1. The SMILES string of the molecule is CCNC(=NCCCSc1ccc(F)cc1)NCCC(=O)OC. The van der Waals surface area contributed by atoms with Crippen molar-refractivity contribution in [2.75, 3.05) is 32.5 Å². The van der Waals surface area contributed by atoms with Gasteiger partial charge in [0.05, 0.1) is 13.5 Å². The molecular weight excluding hydrogens is 317 g/mol. The van der Waals surface area contributed by atoms with Gasteiger partial charge < -0.3 is 15.4 Å². The van der Waals surface area contributed by atoms with Gasteiger partial charge in [0.1, 0.15) is 5.82 Å². The summed E-state index contributed by atoms with van der Waals surface area (Å²) in [6, 6.07) is 6.49. The number of halogens is 1. The predicted molar refractivity (Wildman–Crippen MR) is 92.4 cm³/mol. The van der Waals surface area contributed by atoms with Crippen molar-refractivity contribution in [1.29, 1.82) is 0 Å². The fourth-order valence-electron chi connectivity index (χ4n) is 1.70.